The first kappa shape index (κ1) is 67.5. The fraction of sp³-hybridized carbons (Fsp3) is 0.333. The number of rotatable bonds is 28. The van der Waals surface area contributed by atoms with Crippen molar-refractivity contribution in [3.05, 3.63) is 183 Å². The van der Waals surface area contributed by atoms with E-state index in [-0.39, 0.29) is 18.3 Å². The van der Waals surface area contributed by atoms with Crippen LogP contribution in [0.3, 0.4) is 0 Å². The van der Waals surface area contributed by atoms with E-state index in [1.54, 1.807) is 45.3 Å². The van der Waals surface area contributed by atoms with Crippen LogP contribution >= 0.6 is 67.9 Å². The molecule has 2 amide bonds. The van der Waals surface area contributed by atoms with Crippen LogP contribution in [0.25, 0.3) is 29.9 Å². The van der Waals surface area contributed by atoms with E-state index in [1.807, 2.05) is 97.1 Å². The molecule has 2 atom stereocenters. The molecule has 0 saturated carbocycles. The molecule has 12 nitrogen and oxygen atoms in total. The number of thiophene rings is 4. The molecule has 4 radical (unpaired) electrons. The Balaban J connectivity index is 0.000000195. The second-order valence-electron chi connectivity index (χ2n) is 21.2. The number of amides is 2. The Labute approximate surface area is 539 Å². The van der Waals surface area contributed by atoms with Crippen molar-refractivity contribution in [1.82, 2.24) is 10.6 Å². The third kappa shape index (κ3) is 22.6. The third-order valence-corrected chi connectivity index (χ3v) is 19.2. The number of carbonyl (C=O) groups is 4. The number of hydrogen-bond acceptors (Lipinski definition) is 14. The lowest BCUT2D eigenvalue weighted by Crippen LogP contribution is -2.43. The van der Waals surface area contributed by atoms with Crippen molar-refractivity contribution < 1.29 is 47.4 Å². The van der Waals surface area contributed by atoms with Gasteiger partial charge in [-0.3, -0.25) is 9.59 Å². The van der Waals surface area contributed by atoms with Crippen LogP contribution in [-0.2, 0) is 41.2 Å². The first-order valence-electron chi connectivity index (χ1n) is 28.8. The highest BCUT2D eigenvalue weighted by Gasteiger charge is 2.52. The number of halogens is 1. The maximum atomic E-state index is 12.4. The number of benzene rings is 4. The molecule has 20 heteroatoms. The second kappa shape index (κ2) is 35.1. The maximum Gasteiger partial charge on any atom is 0.505 e. The van der Waals surface area contributed by atoms with Crippen LogP contribution in [0.15, 0.2) is 168 Å². The van der Waals surface area contributed by atoms with E-state index < -0.39 is 35.6 Å². The van der Waals surface area contributed by atoms with Crippen LogP contribution in [0.1, 0.15) is 90.2 Å². The molecule has 446 valence electrons. The summed E-state index contributed by atoms with van der Waals surface area (Å²) in [5.41, 5.74) is 2.50. The van der Waals surface area contributed by atoms with Crippen LogP contribution in [-0.4, -0.2) is 96.1 Å². The van der Waals surface area contributed by atoms with E-state index in [9.17, 15) is 19.2 Å². The van der Waals surface area contributed by atoms with Gasteiger partial charge < -0.3 is 38.9 Å². The molecule has 1 saturated heterocycles. The predicted octanol–water partition coefficient (Wildman–Crippen LogP) is 15.2. The minimum atomic E-state index is -0.794. The van der Waals surface area contributed by atoms with E-state index in [4.69, 9.17) is 43.9 Å². The van der Waals surface area contributed by atoms with Crippen LogP contribution < -0.4 is 24.9 Å². The molecule has 9 rings (SSSR count). The van der Waals surface area contributed by atoms with Crippen LogP contribution in [0.2, 0.25) is 0 Å². The summed E-state index contributed by atoms with van der Waals surface area (Å²) in [6, 6.07) is 50.6. The summed E-state index contributed by atoms with van der Waals surface area (Å²) in [7, 11) is 10.2. The van der Waals surface area contributed by atoms with Gasteiger partial charge in [-0.05, 0) is 208 Å². The number of nitrogens with one attached hydrogen (secondary N) is 2. The normalized spacial score (nSPS) is 13.6. The fourth-order valence-electron chi connectivity index (χ4n) is 8.75. The van der Waals surface area contributed by atoms with Gasteiger partial charge in [-0.25, -0.2) is 9.59 Å². The van der Waals surface area contributed by atoms with Crippen LogP contribution in [0.4, 0.5) is 9.59 Å². The lowest BCUT2D eigenvalue weighted by Gasteiger charge is -2.32. The van der Waals surface area contributed by atoms with Gasteiger partial charge in [0.15, 0.2) is 11.6 Å². The Kier molecular flexibility index (Phi) is 27.6. The van der Waals surface area contributed by atoms with E-state index in [1.165, 1.54) is 33.5 Å². The average Bonchev–Trinajstić information content (AvgIpc) is 3.44. The van der Waals surface area contributed by atoms with Gasteiger partial charge in [-0.1, -0.05) is 78.9 Å². The largest absolute Gasteiger partial charge is 0.505 e. The molecule has 2 N–H and O–H groups in total. The van der Waals surface area contributed by atoms with Gasteiger partial charge in [0.2, 0.25) is 15.7 Å². The van der Waals surface area contributed by atoms with Crippen LogP contribution in [0, 0.1) is 3.57 Å². The van der Waals surface area contributed by atoms with Gasteiger partial charge >= 0.3 is 19.1 Å². The molecule has 1 fully saturated rings. The van der Waals surface area contributed by atoms with Crippen molar-refractivity contribution in [2.24, 2.45) is 0 Å². The summed E-state index contributed by atoms with van der Waals surface area (Å²) in [5, 5.41) is 9.15. The summed E-state index contributed by atoms with van der Waals surface area (Å²) in [6.07, 6.45) is 7.90. The molecule has 8 aromatic rings. The fourth-order valence-corrected chi connectivity index (χ4v) is 12.8. The zero-order chi connectivity index (χ0) is 61.2. The van der Waals surface area contributed by atoms with Gasteiger partial charge in [0, 0.05) is 45.6 Å². The highest BCUT2D eigenvalue weighted by molar-refractivity contribution is 14.1. The standard InChI is InChI=1S/C30H30BNO4S2.C22H25BINO4.C14H17BO2S2/c31-30(34)32-25(21-22-9-4-3-5-10-22)29(33)36-19-7-2-1-6-18-35-24-14-12-23(13-15-24)26-16-17-28(38-26)27-11-8-20-37-27;23-22(27)25-20(16-17-8-4-3-5-9-17)21(26)29-15-7-2-1-6-14-28-19-12-10-18(24)11-13-19;1-13(2)14(3,4)17-15(16-13)12-8-7-11(19-12)10-6-5-9-18-10/h3-5,8-17,20,25H,1-2,6-7,18-19,21H2,(H,32,34);3-5,8-13,20H,1-2,6-7,14-16H2,(H,25,27);5-9H,1-4H3/t25-;20-;/m00./s1. The molecule has 0 spiro atoms. The van der Waals surface area contributed by atoms with Crippen molar-refractivity contribution in [1.29, 1.82) is 0 Å². The quantitative estimate of drug-likeness (QED) is 0.0210. The van der Waals surface area contributed by atoms with E-state index in [2.05, 4.69) is 132 Å². The maximum absolute atomic E-state index is 12.4. The molecule has 5 heterocycles. The minimum Gasteiger partial charge on any atom is -0.494 e. The van der Waals surface area contributed by atoms with Crippen LogP contribution in [0.5, 0.6) is 11.5 Å². The molecular weight excluding hydrogens is 1270 g/mol. The van der Waals surface area contributed by atoms with Crippen molar-refractivity contribution >= 4 is 119 Å². The van der Waals surface area contributed by atoms with E-state index in [0.29, 0.717) is 39.3 Å². The van der Waals surface area contributed by atoms with Crippen molar-refractivity contribution in [2.45, 2.75) is 115 Å². The lowest BCUT2D eigenvalue weighted by atomic mass is 9.88. The Bertz CT molecular complexity index is 3260. The number of ether oxygens (including phenoxy) is 4. The topological polar surface area (TPSA) is 148 Å². The van der Waals surface area contributed by atoms with Crippen molar-refractivity contribution in [2.75, 3.05) is 26.4 Å². The van der Waals surface area contributed by atoms with E-state index >= 15 is 0 Å². The van der Waals surface area contributed by atoms with Crippen molar-refractivity contribution in [3.63, 3.8) is 0 Å². The average molecular weight is 1340 g/mol. The molecule has 86 heavy (non-hydrogen) atoms. The number of hydrogen-bond donors (Lipinski definition) is 2. The molecule has 4 aromatic heterocycles. The van der Waals surface area contributed by atoms with Crippen molar-refractivity contribution in [3.8, 4) is 41.4 Å². The lowest BCUT2D eigenvalue weighted by molar-refractivity contribution is -0.146. The summed E-state index contributed by atoms with van der Waals surface area (Å²) < 4.78 is 36.8. The smallest absolute Gasteiger partial charge is 0.494 e. The number of unbranched alkanes of at least 4 members (excludes halogenated alkanes) is 6. The highest BCUT2D eigenvalue weighted by Crippen LogP contribution is 2.39. The van der Waals surface area contributed by atoms with Gasteiger partial charge in [-0.15, -0.1) is 45.3 Å². The Hall–Kier alpha value is -6.00. The van der Waals surface area contributed by atoms with E-state index in [0.717, 1.165) is 78.8 Å². The zero-order valence-corrected chi connectivity index (χ0v) is 54.5. The Morgan fingerprint density at radius 1 is 0.488 bits per heavy atom. The first-order chi connectivity index (χ1) is 41.5. The summed E-state index contributed by atoms with van der Waals surface area (Å²) in [6.45, 7) is 10.3. The molecular formula is C66H72B3IN2O10S4. The van der Waals surface area contributed by atoms with Gasteiger partial charge in [0.05, 0.1) is 37.6 Å². The summed E-state index contributed by atoms with van der Waals surface area (Å²) >= 11 is 9.33. The zero-order valence-electron chi connectivity index (χ0n) is 49.0. The minimum absolute atomic E-state index is 0.247. The molecule has 4 aromatic carbocycles. The van der Waals surface area contributed by atoms with Gasteiger partial charge in [0.1, 0.15) is 23.6 Å². The Morgan fingerprint density at radius 2 is 0.907 bits per heavy atom. The second-order valence-corrected chi connectivity index (χ2v) is 26.6. The first-order valence-corrected chi connectivity index (χ1v) is 33.3. The Morgan fingerprint density at radius 3 is 1.35 bits per heavy atom. The monoisotopic (exact) mass is 1340 g/mol. The predicted molar refractivity (Wildman–Crippen MR) is 362 cm³/mol. The van der Waals surface area contributed by atoms with Gasteiger partial charge in [0.25, 0.3) is 0 Å². The molecule has 0 unspecified atom stereocenters. The summed E-state index contributed by atoms with van der Waals surface area (Å²) in [4.78, 5) is 53.6. The third-order valence-electron chi connectivity index (χ3n) is 14.1. The SMILES string of the molecule is CC1(C)OB(c2ccc(-c3cccs3)s2)OC1(C)C.[B]C(=O)N[C@@H](Cc1ccccc1)C(=O)OCCCCCCOc1ccc(-c2ccc(-c3cccs3)s2)cc1.[B]C(=O)N[C@@H](Cc1ccccc1)C(=O)OCCCCCCOc1ccc(I)cc1. The number of esters is 2. The van der Waals surface area contributed by atoms with Gasteiger partial charge in [-0.2, -0.15) is 0 Å². The summed E-state index contributed by atoms with van der Waals surface area (Å²) in [5.74, 6) is -0.669. The molecule has 0 bridgehead atoms. The molecule has 1 aliphatic rings. The number of carbonyl (C=O) groups excluding carboxylic acids is 4. The molecule has 0 aliphatic carbocycles. The molecule has 1 aliphatic heterocycles. The highest BCUT2D eigenvalue weighted by atomic mass is 127.